The van der Waals surface area contributed by atoms with Gasteiger partial charge in [0, 0.05) is 30.5 Å². The van der Waals surface area contributed by atoms with Crippen LogP contribution < -0.4 is 20.9 Å². The van der Waals surface area contributed by atoms with Gasteiger partial charge in [0.25, 0.3) is 0 Å². The second-order valence-corrected chi connectivity index (χ2v) is 7.40. The average molecular weight is 368 g/mol. The number of benzene rings is 1. The molecule has 1 aliphatic heterocycles. The van der Waals surface area contributed by atoms with Crippen LogP contribution >= 0.6 is 0 Å². The first kappa shape index (κ1) is 18.9. The number of hydrogen-bond donors (Lipinski definition) is 3. The lowest BCUT2D eigenvalue weighted by Crippen LogP contribution is -2.34. The fraction of sp³-hybridized carbons (Fsp3) is 0.450. The van der Waals surface area contributed by atoms with E-state index in [2.05, 4.69) is 62.2 Å². The Labute approximate surface area is 160 Å². The van der Waals surface area contributed by atoms with Crippen LogP contribution in [0.3, 0.4) is 0 Å². The molecule has 144 valence electrons. The van der Waals surface area contributed by atoms with Crippen LogP contribution in [0.2, 0.25) is 0 Å². The Hall–Kier alpha value is -2.83. The van der Waals surface area contributed by atoms with Gasteiger partial charge in [-0.25, -0.2) is 4.79 Å². The SMILES string of the molecule is CC1CCN(c2ccc(Nc3ccc(NC(=O)NC(C)C)nn3)cc2)CC1. The summed E-state index contributed by atoms with van der Waals surface area (Å²) in [4.78, 5) is 14.1. The maximum absolute atomic E-state index is 11.7. The minimum atomic E-state index is -0.289. The number of anilines is 4. The first-order valence-electron chi connectivity index (χ1n) is 9.53. The van der Waals surface area contributed by atoms with Gasteiger partial charge >= 0.3 is 6.03 Å². The van der Waals surface area contributed by atoms with Crippen molar-refractivity contribution in [1.82, 2.24) is 15.5 Å². The molecule has 1 aromatic heterocycles. The third kappa shape index (κ3) is 5.57. The third-order valence-corrected chi connectivity index (χ3v) is 4.61. The summed E-state index contributed by atoms with van der Waals surface area (Å²) in [5.74, 6) is 1.87. The highest BCUT2D eigenvalue weighted by molar-refractivity contribution is 5.88. The molecule has 1 aliphatic rings. The first-order chi connectivity index (χ1) is 13.0. The van der Waals surface area contributed by atoms with Gasteiger partial charge in [-0.3, -0.25) is 5.32 Å². The van der Waals surface area contributed by atoms with Gasteiger partial charge in [0.2, 0.25) is 0 Å². The summed E-state index contributed by atoms with van der Waals surface area (Å²) in [6.07, 6.45) is 2.51. The molecular formula is C20H28N6O. The Bertz CT molecular complexity index is 736. The molecule has 1 saturated heterocycles. The number of urea groups is 1. The third-order valence-electron chi connectivity index (χ3n) is 4.61. The molecule has 3 rings (SSSR count). The van der Waals surface area contributed by atoms with Crippen molar-refractivity contribution in [2.45, 2.75) is 39.7 Å². The van der Waals surface area contributed by atoms with E-state index in [1.807, 2.05) is 13.8 Å². The molecule has 1 aromatic carbocycles. The van der Waals surface area contributed by atoms with E-state index >= 15 is 0 Å². The van der Waals surface area contributed by atoms with Gasteiger partial charge in [0.1, 0.15) is 0 Å². The lowest BCUT2D eigenvalue weighted by molar-refractivity contribution is 0.250. The van der Waals surface area contributed by atoms with Gasteiger partial charge in [-0.15, -0.1) is 10.2 Å². The molecular weight excluding hydrogens is 340 g/mol. The first-order valence-corrected chi connectivity index (χ1v) is 9.53. The van der Waals surface area contributed by atoms with Crippen LogP contribution in [0.25, 0.3) is 0 Å². The molecule has 3 N–H and O–H groups in total. The van der Waals surface area contributed by atoms with E-state index in [9.17, 15) is 4.79 Å². The van der Waals surface area contributed by atoms with Crippen LogP contribution in [0.5, 0.6) is 0 Å². The van der Waals surface area contributed by atoms with E-state index in [4.69, 9.17) is 0 Å². The molecule has 0 aliphatic carbocycles. The van der Waals surface area contributed by atoms with Crippen LogP contribution in [-0.4, -0.2) is 35.4 Å². The highest BCUT2D eigenvalue weighted by Crippen LogP contribution is 2.25. The molecule has 2 heterocycles. The number of carbonyl (C=O) groups excluding carboxylic acids is 1. The Morgan fingerprint density at radius 3 is 2.26 bits per heavy atom. The summed E-state index contributed by atoms with van der Waals surface area (Å²) < 4.78 is 0. The normalized spacial score (nSPS) is 14.9. The molecule has 0 bridgehead atoms. The van der Waals surface area contributed by atoms with Crippen LogP contribution in [-0.2, 0) is 0 Å². The second kappa shape index (κ2) is 8.70. The van der Waals surface area contributed by atoms with Crippen molar-refractivity contribution in [3.8, 4) is 0 Å². The van der Waals surface area contributed by atoms with Crippen LogP contribution in [0.4, 0.5) is 27.8 Å². The Balaban J connectivity index is 1.55. The van der Waals surface area contributed by atoms with Gasteiger partial charge < -0.3 is 15.5 Å². The van der Waals surface area contributed by atoms with E-state index in [0.29, 0.717) is 11.6 Å². The predicted molar refractivity (Wildman–Crippen MR) is 110 cm³/mol. The van der Waals surface area contributed by atoms with Crippen LogP contribution in [0.15, 0.2) is 36.4 Å². The highest BCUT2D eigenvalue weighted by Gasteiger charge is 2.15. The molecule has 0 saturated carbocycles. The molecule has 0 radical (unpaired) electrons. The Morgan fingerprint density at radius 2 is 1.67 bits per heavy atom. The summed E-state index contributed by atoms with van der Waals surface area (Å²) in [6, 6.07) is 11.7. The summed E-state index contributed by atoms with van der Waals surface area (Å²) in [5, 5.41) is 16.8. The van der Waals surface area contributed by atoms with Gasteiger partial charge in [-0.2, -0.15) is 0 Å². The molecule has 1 fully saturated rings. The highest BCUT2D eigenvalue weighted by atomic mass is 16.2. The molecule has 0 unspecified atom stereocenters. The number of aromatic nitrogens is 2. The number of hydrogen-bond acceptors (Lipinski definition) is 5. The largest absolute Gasteiger partial charge is 0.372 e. The lowest BCUT2D eigenvalue weighted by atomic mass is 9.99. The zero-order valence-corrected chi connectivity index (χ0v) is 16.2. The number of nitrogens with zero attached hydrogens (tertiary/aromatic N) is 3. The summed E-state index contributed by atoms with van der Waals surface area (Å²) in [6.45, 7) is 8.37. The van der Waals surface area contributed by atoms with Gasteiger partial charge in [0.15, 0.2) is 11.6 Å². The maximum Gasteiger partial charge on any atom is 0.320 e. The maximum atomic E-state index is 11.7. The molecule has 2 amide bonds. The van der Waals surface area contributed by atoms with Crippen molar-refractivity contribution in [1.29, 1.82) is 0 Å². The lowest BCUT2D eigenvalue weighted by Gasteiger charge is -2.32. The number of carbonyl (C=O) groups is 1. The zero-order valence-electron chi connectivity index (χ0n) is 16.2. The van der Waals surface area contributed by atoms with Crippen molar-refractivity contribution in [2.24, 2.45) is 5.92 Å². The van der Waals surface area contributed by atoms with E-state index in [1.54, 1.807) is 12.1 Å². The summed E-state index contributed by atoms with van der Waals surface area (Å²) in [5.41, 5.74) is 2.21. The van der Waals surface area contributed by atoms with E-state index in [1.165, 1.54) is 18.5 Å². The number of rotatable bonds is 5. The van der Waals surface area contributed by atoms with Crippen LogP contribution in [0.1, 0.15) is 33.6 Å². The molecule has 2 aromatic rings. The quantitative estimate of drug-likeness (QED) is 0.743. The molecule has 0 atom stereocenters. The van der Waals surface area contributed by atoms with Crippen LogP contribution in [0, 0.1) is 5.92 Å². The molecule has 7 nitrogen and oxygen atoms in total. The minimum Gasteiger partial charge on any atom is -0.372 e. The van der Waals surface area contributed by atoms with Gasteiger partial charge in [-0.05, 0) is 69.0 Å². The van der Waals surface area contributed by atoms with E-state index < -0.39 is 0 Å². The smallest absolute Gasteiger partial charge is 0.320 e. The monoisotopic (exact) mass is 368 g/mol. The molecule has 7 heteroatoms. The minimum absolute atomic E-state index is 0.0650. The Morgan fingerprint density at radius 1 is 1.04 bits per heavy atom. The zero-order chi connectivity index (χ0) is 19.2. The fourth-order valence-electron chi connectivity index (χ4n) is 3.05. The fourth-order valence-corrected chi connectivity index (χ4v) is 3.05. The van der Waals surface area contributed by atoms with Crippen molar-refractivity contribution < 1.29 is 4.79 Å². The van der Waals surface area contributed by atoms with Crippen molar-refractivity contribution in [2.75, 3.05) is 28.6 Å². The predicted octanol–water partition coefficient (Wildman–Crippen LogP) is 3.99. The Kier molecular flexibility index (Phi) is 6.11. The summed E-state index contributed by atoms with van der Waals surface area (Å²) >= 11 is 0. The van der Waals surface area contributed by atoms with Gasteiger partial charge in [-0.1, -0.05) is 6.92 Å². The number of nitrogens with one attached hydrogen (secondary N) is 3. The van der Waals surface area contributed by atoms with Crippen molar-refractivity contribution in [3.05, 3.63) is 36.4 Å². The van der Waals surface area contributed by atoms with Crippen molar-refractivity contribution >= 4 is 29.0 Å². The molecule has 27 heavy (non-hydrogen) atoms. The van der Waals surface area contributed by atoms with E-state index in [-0.39, 0.29) is 12.1 Å². The topological polar surface area (TPSA) is 82.2 Å². The van der Waals surface area contributed by atoms with E-state index in [0.717, 1.165) is 24.7 Å². The average Bonchev–Trinajstić information content (AvgIpc) is 2.64. The summed E-state index contributed by atoms with van der Waals surface area (Å²) in [7, 11) is 0. The second-order valence-electron chi connectivity index (χ2n) is 7.40. The number of amides is 2. The van der Waals surface area contributed by atoms with Crippen molar-refractivity contribution in [3.63, 3.8) is 0 Å². The molecule has 0 spiro atoms. The number of piperidine rings is 1. The van der Waals surface area contributed by atoms with Gasteiger partial charge in [0.05, 0.1) is 0 Å². The standard InChI is InChI=1S/C20H28N6O/c1-14(2)21-20(27)23-19-9-8-18(24-25-19)22-16-4-6-17(7-5-16)26-12-10-15(3)11-13-26/h4-9,14-15H,10-13H2,1-3H3,(H,22,24)(H2,21,23,25,27).